The highest BCUT2D eigenvalue weighted by Gasteiger charge is 2.52. The van der Waals surface area contributed by atoms with Crippen molar-refractivity contribution in [2.24, 2.45) is 5.92 Å². The maximum Gasteiger partial charge on any atom is 0.416 e. The van der Waals surface area contributed by atoms with Crippen LogP contribution in [0.15, 0.2) is 133 Å². The second-order valence-corrected chi connectivity index (χ2v) is 28.2. The first-order chi connectivity index (χ1) is 28.5. The van der Waals surface area contributed by atoms with Crippen molar-refractivity contribution in [1.82, 2.24) is 4.98 Å². The van der Waals surface area contributed by atoms with Gasteiger partial charge in [0.25, 0.3) is 16.6 Å². The van der Waals surface area contributed by atoms with Crippen molar-refractivity contribution in [3.05, 3.63) is 145 Å². The molecule has 0 saturated carbocycles. The van der Waals surface area contributed by atoms with Crippen molar-refractivity contribution in [2.75, 3.05) is 24.7 Å². The third-order valence-electron chi connectivity index (χ3n) is 11.9. The Labute approximate surface area is 363 Å². The van der Waals surface area contributed by atoms with Gasteiger partial charge in [0, 0.05) is 31.4 Å². The Morgan fingerprint density at radius 2 is 1.05 bits per heavy atom. The van der Waals surface area contributed by atoms with Crippen LogP contribution in [0.3, 0.4) is 0 Å². The second kappa shape index (κ2) is 19.1. The minimum atomic E-state index is -2.79. The summed E-state index contributed by atoms with van der Waals surface area (Å²) < 4.78 is 21.1. The molecule has 0 radical (unpaired) electrons. The summed E-state index contributed by atoms with van der Waals surface area (Å²) in [7, 11) is -5.59. The minimum Gasteiger partial charge on any atom is -0.443 e. The molecule has 0 unspecified atom stereocenters. The first-order valence-electron chi connectivity index (χ1n) is 22.0. The van der Waals surface area contributed by atoms with Gasteiger partial charge in [0.1, 0.15) is 11.4 Å². The number of ether oxygens (including phenoxy) is 1. The van der Waals surface area contributed by atoms with Crippen molar-refractivity contribution < 1.29 is 18.4 Å². The smallest absolute Gasteiger partial charge is 0.416 e. The van der Waals surface area contributed by atoms with E-state index in [-0.39, 0.29) is 22.1 Å². The van der Waals surface area contributed by atoms with Gasteiger partial charge in [-0.1, -0.05) is 175 Å². The van der Waals surface area contributed by atoms with E-state index in [1.165, 1.54) is 20.7 Å². The molecular formula is C52H68N2O4Si2. The van der Waals surface area contributed by atoms with E-state index in [9.17, 15) is 4.79 Å². The summed E-state index contributed by atoms with van der Waals surface area (Å²) in [6.07, 6.45) is 5.23. The average Bonchev–Trinajstić information content (AvgIpc) is 3.22. The van der Waals surface area contributed by atoms with Crippen LogP contribution in [0.25, 0.3) is 0 Å². The molecule has 0 fully saturated rings. The quantitative estimate of drug-likeness (QED) is 0.0776. The highest BCUT2D eigenvalue weighted by molar-refractivity contribution is 7.00. The van der Waals surface area contributed by atoms with Crippen LogP contribution in [-0.2, 0) is 26.4 Å². The van der Waals surface area contributed by atoms with Crippen LogP contribution in [0, 0.1) is 5.92 Å². The molecule has 60 heavy (non-hydrogen) atoms. The van der Waals surface area contributed by atoms with E-state index in [2.05, 4.69) is 175 Å². The monoisotopic (exact) mass is 840 g/mol. The molecule has 1 aliphatic heterocycles. The standard InChI is InChI=1S/C52H68N2O4Si2/c1-50(2,3)58-49(55)54-38-24-26-42-36-37-43(53-48(42)54)27-23-22-25-41(39-56-59(51(4,5)6,44-28-14-10-15-29-44)45-30-16-11-17-31-45)40-57-60(52(7,8)9,46-32-18-12-19-33-46)47-34-20-13-21-35-47/h10-21,28-37,41H,22-27,38-40H2,1-9H3. The number of hydrogen-bond acceptors (Lipinski definition) is 5. The van der Waals surface area contributed by atoms with E-state index in [1.807, 2.05) is 20.8 Å². The Bertz CT molecular complexity index is 1930. The molecule has 4 aromatic carbocycles. The summed E-state index contributed by atoms with van der Waals surface area (Å²) in [6.45, 7) is 21.6. The summed E-state index contributed by atoms with van der Waals surface area (Å²) in [5.41, 5.74) is 1.55. The van der Waals surface area contributed by atoms with E-state index in [0.717, 1.165) is 55.6 Å². The van der Waals surface area contributed by atoms with Crippen LogP contribution in [0.5, 0.6) is 0 Å². The predicted molar refractivity (Wildman–Crippen MR) is 254 cm³/mol. The lowest BCUT2D eigenvalue weighted by molar-refractivity contribution is 0.0576. The molecule has 8 heteroatoms. The van der Waals surface area contributed by atoms with Gasteiger partial charge in [0.15, 0.2) is 0 Å². The Kier molecular flexibility index (Phi) is 14.4. The van der Waals surface area contributed by atoms with Crippen molar-refractivity contribution in [3.63, 3.8) is 0 Å². The van der Waals surface area contributed by atoms with E-state index >= 15 is 0 Å². The Hall–Kier alpha value is -4.35. The van der Waals surface area contributed by atoms with Gasteiger partial charge >= 0.3 is 6.09 Å². The van der Waals surface area contributed by atoms with Crippen LogP contribution in [0.2, 0.25) is 10.1 Å². The lowest BCUT2D eigenvalue weighted by Gasteiger charge is -2.45. The molecule has 318 valence electrons. The topological polar surface area (TPSA) is 60.9 Å². The molecule has 1 aromatic heterocycles. The summed E-state index contributed by atoms with van der Waals surface area (Å²) in [5.74, 6) is 0.899. The Morgan fingerprint density at radius 3 is 1.45 bits per heavy atom. The number of benzene rings is 4. The zero-order valence-corrected chi connectivity index (χ0v) is 39.7. The molecule has 1 amide bonds. The van der Waals surface area contributed by atoms with Crippen LogP contribution in [-0.4, -0.2) is 53.1 Å². The van der Waals surface area contributed by atoms with Crippen molar-refractivity contribution in [1.29, 1.82) is 0 Å². The van der Waals surface area contributed by atoms with E-state index < -0.39 is 22.2 Å². The average molecular weight is 841 g/mol. The van der Waals surface area contributed by atoms with Gasteiger partial charge in [0.05, 0.1) is 0 Å². The molecule has 0 N–H and O–H groups in total. The molecule has 0 atom stereocenters. The van der Waals surface area contributed by atoms with Gasteiger partial charge in [-0.05, 0) is 95.3 Å². The van der Waals surface area contributed by atoms with E-state index in [1.54, 1.807) is 4.90 Å². The first-order valence-corrected chi connectivity index (χ1v) is 25.9. The van der Waals surface area contributed by atoms with Crippen molar-refractivity contribution in [2.45, 2.75) is 117 Å². The van der Waals surface area contributed by atoms with Crippen LogP contribution >= 0.6 is 0 Å². The molecule has 5 aromatic rings. The van der Waals surface area contributed by atoms with E-state index in [0.29, 0.717) is 19.8 Å². The maximum atomic E-state index is 13.2. The third kappa shape index (κ3) is 10.2. The van der Waals surface area contributed by atoms with Gasteiger partial charge in [-0.25, -0.2) is 9.78 Å². The summed E-state index contributed by atoms with van der Waals surface area (Å²) in [5, 5.41) is 4.88. The number of carbonyl (C=O) groups is 1. The van der Waals surface area contributed by atoms with E-state index in [4.69, 9.17) is 18.6 Å². The number of unbranched alkanes of at least 4 members (excludes halogenated alkanes) is 1. The fourth-order valence-corrected chi connectivity index (χ4v) is 18.4. The number of carbonyl (C=O) groups excluding carboxylic acids is 1. The largest absolute Gasteiger partial charge is 0.443 e. The Balaban J connectivity index is 1.30. The van der Waals surface area contributed by atoms with Gasteiger partial charge in [-0.2, -0.15) is 0 Å². The number of amides is 1. The summed E-state index contributed by atoms with van der Waals surface area (Å²) in [6, 6.07) is 48.1. The van der Waals surface area contributed by atoms with Crippen molar-refractivity contribution >= 4 is 49.3 Å². The number of fused-ring (bicyclic) bond motifs is 1. The van der Waals surface area contributed by atoms with Gasteiger partial charge in [-0.3, -0.25) is 4.90 Å². The molecular weight excluding hydrogens is 773 g/mol. The summed E-state index contributed by atoms with van der Waals surface area (Å²) >= 11 is 0. The zero-order valence-electron chi connectivity index (χ0n) is 37.7. The highest BCUT2D eigenvalue weighted by Crippen LogP contribution is 2.39. The fourth-order valence-electron chi connectivity index (χ4n) is 9.08. The molecule has 0 aliphatic carbocycles. The first kappa shape index (κ1) is 45.2. The molecule has 0 bridgehead atoms. The van der Waals surface area contributed by atoms with Crippen LogP contribution < -0.4 is 25.6 Å². The molecule has 0 spiro atoms. The van der Waals surface area contributed by atoms with Gasteiger partial charge in [-0.15, -0.1) is 0 Å². The minimum absolute atomic E-state index is 0.135. The lowest BCUT2D eigenvalue weighted by atomic mass is 10.0. The third-order valence-corrected chi connectivity index (χ3v) is 21.9. The second-order valence-electron chi connectivity index (χ2n) is 19.6. The van der Waals surface area contributed by atoms with Crippen LogP contribution in [0.1, 0.15) is 99.3 Å². The number of anilines is 1. The summed E-state index contributed by atoms with van der Waals surface area (Å²) in [4.78, 5) is 20.0. The molecule has 6 nitrogen and oxygen atoms in total. The Morgan fingerprint density at radius 1 is 0.617 bits per heavy atom. The number of hydrogen-bond donors (Lipinski definition) is 0. The lowest BCUT2D eigenvalue weighted by Crippen LogP contribution is -2.67. The molecule has 0 saturated heterocycles. The molecule has 1 aliphatic rings. The van der Waals surface area contributed by atoms with Gasteiger partial charge < -0.3 is 13.6 Å². The number of aryl methyl sites for hydroxylation is 2. The van der Waals surface area contributed by atoms with Gasteiger partial charge in [0.2, 0.25) is 0 Å². The maximum absolute atomic E-state index is 13.2. The number of pyridine rings is 1. The normalized spacial score (nSPS) is 13.9. The predicted octanol–water partition coefficient (Wildman–Crippen LogP) is 10.3. The van der Waals surface area contributed by atoms with Crippen molar-refractivity contribution in [3.8, 4) is 0 Å². The number of aromatic nitrogens is 1. The highest BCUT2D eigenvalue weighted by atomic mass is 28.4. The molecule has 6 rings (SSSR count). The SMILES string of the molecule is CC(C)(C)OC(=O)N1CCCc2ccc(CCCCC(CO[Si](c3ccccc3)(c3ccccc3)C(C)(C)C)CO[Si](c3ccccc3)(c3ccccc3)C(C)(C)C)nc21. The number of nitrogens with zero attached hydrogens (tertiary/aromatic N) is 2. The van der Waals surface area contributed by atoms with Crippen LogP contribution in [0.4, 0.5) is 10.6 Å². The molecule has 2 heterocycles. The number of rotatable bonds is 15. The zero-order chi connectivity index (χ0) is 43.0. The fraction of sp³-hybridized carbons (Fsp3) is 0.423.